The van der Waals surface area contributed by atoms with Gasteiger partial charge in [-0.15, -0.1) is 0 Å². The minimum atomic E-state index is -0.163. The van der Waals surface area contributed by atoms with Crippen LogP contribution in [0, 0.1) is 12.8 Å². The van der Waals surface area contributed by atoms with E-state index < -0.39 is 0 Å². The summed E-state index contributed by atoms with van der Waals surface area (Å²) >= 11 is 6.07. The van der Waals surface area contributed by atoms with E-state index in [0.717, 1.165) is 30.9 Å². The Kier molecular flexibility index (Phi) is 5.04. The lowest BCUT2D eigenvalue weighted by Crippen LogP contribution is -2.41. The number of nitrogens with one attached hydrogen (secondary N) is 1. The van der Waals surface area contributed by atoms with Crippen molar-refractivity contribution in [3.05, 3.63) is 41.3 Å². The summed E-state index contributed by atoms with van der Waals surface area (Å²) in [6, 6.07) is 7.14. The molecule has 1 aliphatic rings. The summed E-state index contributed by atoms with van der Waals surface area (Å²) in [7, 11) is 1.57. The van der Waals surface area contributed by atoms with Crippen molar-refractivity contribution in [2.24, 2.45) is 5.92 Å². The van der Waals surface area contributed by atoms with Crippen LogP contribution in [-0.4, -0.2) is 45.7 Å². The molecule has 8 nitrogen and oxygen atoms in total. The highest BCUT2D eigenvalue weighted by Crippen LogP contribution is 2.30. The molecular formula is C19H21ClN6O2. The quantitative estimate of drug-likeness (QED) is 0.724. The monoisotopic (exact) mass is 400 g/mol. The summed E-state index contributed by atoms with van der Waals surface area (Å²) in [4.78, 5) is 23.7. The highest BCUT2D eigenvalue weighted by atomic mass is 35.5. The van der Waals surface area contributed by atoms with Gasteiger partial charge in [0.1, 0.15) is 17.9 Å². The molecule has 1 aliphatic heterocycles. The number of halogens is 1. The van der Waals surface area contributed by atoms with E-state index >= 15 is 0 Å². The highest BCUT2D eigenvalue weighted by Gasteiger charge is 2.28. The molecule has 3 heterocycles. The van der Waals surface area contributed by atoms with Gasteiger partial charge in [0, 0.05) is 29.9 Å². The minimum absolute atomic E-state index is 0.0501. The summed E-state index contributed by atoms with van der Waals surface area (Å²) in [5.41, 5.74) is 1.45. The SMILES string of the molecule is COc1ccc(Cl)cc1NC(=O)[C@H]1CCCN(c2cc(C)nc3ncnn23)C1. The lowest BCUT2D eigenvalue weighted by atomic mass is 9.97. The summed E-state index contributed by atoms with van der Waals surface area (Å²) in [5.74, 6) is 1.83. The van der Waals surface area contributed by atoms with Crippen LogP contribution in [0.5, 0.6) is 5.75 Å². The van der Waals surface area contributed by atoms with Gasteiger partial charge in [-0.05, 0) is 38.0 Å². The maximum absolute atomic E-state index is 12.9. The number of aryl methyl sites for hydroxylation is 1. The number of fused-ring (bicyclic) bond motifs is 1. The van der Waals surface area contributed by atoms with E-state index in [2.05, 4.69) is 25.3 Å². The van der Waals surface area contributed by atoms with Gasteiger partial charge in [0.15, 0.2) is 0 Å². The van der Waals surface area contributed by atoms with Crippen molar-refractivity contribution in [3.63, 3.8) is 0 Å². The van der Waals surface area contributed by atoms with Crippen LogP contribution in [0.3, 0.4) is 0 Å². The molecule has 2 aromatic heterocycles. The van der Waals surface area contributed by atoms with E-state index in [-0.39, 0.29) is 11.8 Å². The number of nitrogens with zero attached hydrogens (tertiary/aromatic N) is 5. The van der Waals surface area contributed by atoms with Crippen molar-refractivity contribution in [2.45, 2.75) is 19.8 Å². The number of anilines is 2. The fraction of sp³-hybridized carbons (Fsp3) is 0.368. The molecule has 146 valence electrons. The predicted molar refractivity (Wildman–Crippen MR) is 107 cm³/mol. The average molecular weight is 401 g/mol. The first kappa shape index (κ1) is 18.5. The molecule has 0 unspecified atom stereocenters. The topological polar surface area (TPSA) is 84.6 Å². The summed E-state index contributed by atoms with van der Waals surface area (Å²) in [6.07, 6.45) is 3.21. The average Bonchev–Trinajstić information content (AvgIpc) is 3.16. The molecule has 3 aromatic rings. The fourth-order valence-corrected chi connectivity index (χ4v) is 3.72. The Morgan fingerprint density at radius 1 is 1.36 bits per heavy atom. The van der Waals surface area contributed by atoms with Gasteiger partial charge in [-0.3, -0.25) is 4.79 Å². The number of rotatable bonds is 4. The molecule has 1 aromatic carbocycles. The molecule has 28 heavy (non-hydrogen) atoms. The molecule has 0 saturated carbocycles. The fourth-order valence-electron chi connectivity index (χ4n) is 3.55. The number of benzene rings is 1. The van der Waals surface area contributed by atoms with Gasteiger partial charge in [0.05, 0.1) is 18.7 Å². The Morgan fingerprint density at radius 2 is 2.21 bits per heavy atom. The number of carbonyl (C=O) groups is 1. The second kappa shape index (κ2) is 7.63. The highest BCUT2D eigenvalue weighted by molar-refractivity contribution is 6.31. The second-order valence-corrected chi connectivity index (χ2v) is 7.28. The smallest absolute Gasteiger partial charge is 0.254 e. The Labute approximate surface area is 167 Å². The molecule has 0 aliphatic carbocycles. The zero-order chi connectivity index (χ0) is 19.7. The largest absolute Gasteiger partial charge is 0.495 e. The van der Waals surface area contributed by atoms with E-state index in [9.17, 15) is 4.79 Å². The Balaban J connectivity index is 1.54. The Hall–Kier alpha value is -2.87. The van der Waals surface area contributed by atoms with E-state index in [4.69, 9.17) is 16.3 Å². The summed E-state index contributed by atoms with van der Waals surface area (Å²) < 4.78 is 7.04. The zero-order valence-electron chi connectivity index (χ0n) is 15.7. The number of piperidine rings is 1. The molecule has 1 amide bonds. The standard InChI is InChI=1S/C19H21ClN6O2/c1-12-8-17(26-19(23-12)21-11-22-26)25-7-3-4-13(10-25)18(27)24-15-9-14(20)5-6-16(15)28-2/h5-6,8-9,11,13H,3-4,7,10H2,1-2H3,(H,24,27)/t13-/m0/s1. The van der Waals surface area contributed by atoms with E-state index in [1.54, 1.807) is 29.8 Å². The molecule has 1 atom stereocenters. The lowest BCUT2D eigenvalue weighted by Gasteiger charge is -2.33. The minimum Gasteiger partial charge on any atom is -0.495 e. The van der Waals surface area contributed by atoms with Gasteiger partial charge in [-0.1, -0.05) is 11.6 Å². The lowest BCUT2D eigenvalue weighted by molar-refractivity contribution is -0.120. The van der Waals surface area contributed by atoms with E-state index in [0.29, 0.717) is 28.8 Å². The van der Waals surface area contributed by atoms with E-state index in [1.165, 1.54) is 6.33 Å². The van der Waals surface area contributed by atoms with Crippen molar-refractivity contribution in [1.82, 2.24) is 19.6 Å². The molecule has 1 fully saturated rings. The van der Waals surface area contributed by atoms with Crippen LogP contribution in [-0.2, 0) is 4.79 Å². The number of carbonyl (C=O) groups excluding carboxylic acids is 1. The third-order valence-corrected chi connectivity index (χ3v) is 5.13. The predicted octanol–water partition coefficient (Wildman–Crippen LogP) is 2.95. The van der Waals surface area contributed by atoms with Crippen LogP contribution in [0.1, 0.15) is 18.5 Å². The molecule has 1 saturated heterocycles. The van der Waals surface area contributed by atoms with Crippen LogP contribution in [0.15, 0.2) is 30.6 Å². The van der Waals surface area contributed by atoms with Crippen LogP contribution < -0.4 is 15.0 Å². The molecule has 0 radical (unpaired) electrons. The van der Waals surface area contributed by atoms with Crippen LogP contribution in [0.2, 0.25) is 5.02 Å². The number of methoxy groups -OCH3 is 1. The van der Waals surface area contributed by atoms with Crippen molar-refractivity contribution in [2.75, 3.05) is 30.4 Å². The third kappa shape index (κ3) is 3.60. The Bertz CT molecular complexity index is 1020. The Morgan fingerprint density at radius 3 is 3.04 bits per heavy atom. The molecule has 4 rings (SSSR count). The number of hydrogen-bond donors (Lipinski definition) is 1. The molecular weight excluding hydrogens is 380 g/mol. The maximum Gasteiger partial charge on any atom is 0.254 e. The number of ether oxygens (including phenoxy) is 1. The van der Waals surface area contributed by atoms with Crippen molar-refractivity contribution in [1.29, 1.82) is 0 Å². The normalized spacial score (nSPS) is 17.0. The summed E-state index contributed by atoms with van der Waals surface area (Å²) in [5, 5.41) is 7.78. The second-order valence-electron chi connectivity index (χ2n) is 6.85. The number of amides is 1. The van der Waals surface area contributed by atoms with Gasteiger partial charge in [0.2, 0.25) is 5.91 Å². The van der Waals surface area contributed by atoms with Gasteiger partial charge < -0.3 is 15.0 Å². The first-order valence-corrected chi connectivity index (χ1v) is 9.49. The van der Waals surface area contributed by atoms with Gasteiger partial charge in [-0.2, -0.15) is 14.6 Å². The molecule has 1 N–H and O–H groups in total. The van der Waals surface area contributed by atoms with E-state index in [1.807, 2.05) is 13.0 Å². The van der Waals surface area contributed by atoms with Crippen molar-refractivity contribution < 1.29 is 9.53 Å². The maximum atomic E-state index is 12.9. The third-order valence-electron chi connectivity index (χ3n) is 4.90. The number of hydrogen-bond acceptors (Lipinski definition) is 6. The van der Waals surface area contributed by atoms with Crippen molar-refractivity contribution in [3.8, 4) is 5.75 Å². The summed E-state index contributed by atoms with van der Waals surface area (Å²) in [6.45, 7) is 3.37. The van der Waals surface area contributed by atoms with Crippen LogP contribution >= 0.6 is 11.6 Å². The van der Waals surface area contributed by atoms with Gasteiger partial charge in [-0.25, -0.2) is 4.98 Å². The zero-order valence-corrected chi connectivity index (χ0v) is 16.5. The van der Waals surface area contributed by atoms with Crippen LogP contribution in [0.4, 0.5) is 11.5 Å². The molecule has 9 heteroatoms. The molecule has 0 bridgehead atoms. The first-order chi connectivity index (χ1) is 13.5. The molecule has 0 spiro atoms. The number of aromatic nitrogens is 4. The first-order valence-electron chi connectivity index (χ1n) is 9.12. The van der Waals surface area contributed by atoms with Crippen LogP contribution in [0.25, 0.3) is 5.78 Å². The van der Waals surface area contributed by atoms with Gasteiger partial charge in [0.25, 0.3) is 5.78 Å². The van der Waals surface area contributed by atoms with Crippen molar-refractivity contribution >= 4 is 34.8 Å². The van der Waals surface area contributed by atoms with Gasteiger partial charge >= 0.3 is 0 Å².